The van der Waals surface area contributed by atoms with Gasteiger partial charge in [0.05, 0.1) is 6.54 Å². The minimum atomic E-state index is 0.135. The summed E-state index contributed by atoms with van der Waals surface area (Å²) in [5.41, 5.74) is 10.3. The third-order valence-corrected chi connectivity index (χ3v) is 2.12. The Balaban J connectivity index is 2.05. The number of aliphatic imine (C=N–C) groups is 1. The predicted molar refractivity (Wildman–Crippen MR) is 54.5 cm³/mol. The van der Waals surface area contributed by atoms with Crippen molar-refractivity contribution in [3.63, 3.8) is 0 Å². The van der Waals surface area contributed by atoms with E-state index in [1.54, 1.807) is 17.5 Å². The molecular formula is C7H13N5S. The first kappa shape index (κ1) is 9.94. The standard InChI is InChI=1S/C7H13N5S/c8-7(9)12-2-1-10-5-6-11-3-4-13-6/h3-4,10H,1-2,5H2,(H4,8,9,12). The van der Waals surface area contributed by atoms with Crippen LogP contribution in [-0.2, 0) is 6.54 Å². The zero-order chi connectivity index (χ0) is 9.52. The Morgan fingerprint density at radius 3 is 3.08 bits per heavy atom. The lowest BCUT2D eigenvalue weighted by molar-refractivity contribution is 0.692. The first-order chi connectivity index (χ1) is 6.29. The minimum Gasteiger partial charge on any atom is -0.370 e. The van der Waals surface area contributed by atoms with Crippen molar-refractivity contribution in [3.8, 4) is 0 Å². The molecule has 0 radical (unpaired) electrons. The van der Waals surface area contributed by atoms with Crippen LogP contribution < -0.4 is 16.8 Å². The highest BCUT2D eigenvalue weighted by atomic mass is 32.1. The van der Waals surface area contributed by atoms with Crippen LogP contribution in [0.4, 0.5) is 0 Å². The molecule has 6 heteroatoms. The quantitative estimate of drug-likeness (QED) is 0.339. The van der Waals surface area contributed by atoms with Gasteiger partial charge in [0, 0.05) is 24.7 Å². The van der Waals surface area contributed by atoms with Crippen molar-refractivity contribution in [1.82, 2.24) is 10.3 Å². The summed E-state index contributed by atoms with van der Waals surface area (Å²) in [4.78, 5) is 7.96. The molecule has 13 heavy (non-hydrogen) atoms. The molecule has 0 amide bonds. The monoisotopic (exact) mass is 199 g/mol. The van der Waals surface area contributed by atoms with Gasteiger partial charge >= 0.3 is 0 Å². The second-order valence-electron chi connectivity index (χ2n) is 2.41. The predicted octanol–water partition coefficient (Wildman–Crippen LogP) is -0.494. The van der Waals surface area contributed by atoms with Crippen LogP contribution in [0.5, 0.6) is 0 Å². The molecule has 1 aromatic rings. The van der Waals surface area contributed by atoms with Crippen molar-refractivity contribution in [3.05, 3.63) is 16.6 Å². The van der Waals surface area contributed by atoms with Gasteiger partial charge in [0.15, 0.2) is 5.96 Å². The molecule has 5 nitrogen and oxygen atoms in total. The normalized spacial score (nSPS) is 9.85. The second-order valence-corrected chi connectivity index (χ2v) is 3.39. The Kier molecular flexibility index (Phi) is 4.20. The maximum atomic E-state index is 5.16. The molecule has 0 aliphatic rings. The molecule has 72 valence electrons. The lowest BCUT2D eigenvalue weighted by Crippen LogP contribution is -2.25. The van der Waals surface area contributed by atoms with Gasteiger partial charge in [0.25, 0.3) is 0 Å². The van der Waals surface area contributed by atoms with E-state index in [-0.39, 0.29) is 5.96 Å². The summed E-state index contributed by atoms with van der Waals surface area (Å²) in [6.45, 7) is 2.14. The number of nitrogens with one attached hydrogen (secondary N) is 1. The summed E-state index contributed by atoms with van der Waals surface area (Å²) in [6.07, 6.45) is 1.79. The molecule has 1 aromatic heterocycles. The van der Waals surface area contributed by atoms with Crippen molar-refractivity contribution >= 4 is 17.3 Å². The number of hydrogen-bond acceptors (Lipinski definition) is 4. The Morgan fingerprint density at radius 1 is 1.62 bits per heavy atom. The molecule has 0 unspecified atom stereocenters. The molecular weight excluding hydrogens is 186 g/mol. The van der Waals surface area contributed by atoms with E-state index in [0.29, 0.717) is 6.54 Å². The summed E-state index contributed by atoms with van der Waals surface area (Å²) in [5.74, 6) is 0.135. The summed E-state index contributed by atoms with van der Waals surface area (Å²) in [5, 5.41) is 6.20. The Morgan fingerprint density at radius 2 is 2.46 bits per heavy atom. The van der Waals surface area contributed by atoms with E-state index in [0.717, 1.165) is 18.1 Å². The van der Waals surface area contributed by atoms with Crippen LogP contribution >= 0.6 is 11.3 Å². The largest absolute Gasteiger partial charge is 0.370 e. The summed E-state index contributed by atoms with van der Waals surface area (Å²) >= 11 is 1.63. The Bertz CT molecular complexity index is 252. The van der Waals surface area contributed by atoms with Crippen LogP contribution in [0, 0.1) is 0 Å². The first-order valence-corrected chi connectivity index (χ1v) is 4.81. The van der Waals surface area contributed by atoms with E-state index >= 15 is 0 Å². The van der Waals surface area contributed by atoms with Crippen LogP contribution in [0.2, 0.25) is 0 Å². The van der Waals surface area contributed by atoms with Crippen molar-refractivity contribution in [1.29, 1.82) is 0 Å². The molecule has 0 aliphatic carbocycles. The van der Waals surface area contributed by atoms with Gasteiger partial charge in [0.1, 0.15) is 5.01 Å². The SMILES string of the molecule is NC(N)=NCCNCc1nccs1. The van der Waals surface area contributed by atoms with Gasteiger partial charge in [-0.05, 0) is 0 Å². The summed E-state index contributed by atoms with van der Waals surface area (Å²) < 4.78 is 0. The number of nitrogens with zero attached hydrogens (tertiary/aromatic N) is 2. The smallest absolute Gasteiger partial charge is 0.185 e. The molecule has 0 saturated carbocycles. The van der Waals surface area contributed by atoms with Crippen molar-refractivity contribution in [2.45, 2.75) is 6.54 Å². The molecule has 0 atom stereocenters. The van der Waals surface area contributed by atoms with E-state index in [9.17, 15) is 0 Å². The van der Waals surface area contributed by atoms with Crippen molar-refractivity contribution in [2.24, 2.45) is 16.5 Å². The van der Waals surface area contributed by atoms with Gasteiger partial charge in [-0.2, -0.15) is 0 Å². The molecule has 0 saturated heterocycles. The van der Waals surface area contributed by atoms with E-state index in [4.69, 9.17) is 11.5 Å². The fourth-order valence-corrected chi connectivity index (χ4v) is 1.39. The third kappa shape index (κ3) is 4.44. The zero-order valence-electron chi connectivity index (χ0n) is 7.23. The first-order valence-electron chi connectivity index (χ1n) is 3.93. The maximum absolute atomic E-state index is 5.16. The fourth-order valence-electron chi connectivity index (χ4n) is 0.800. The number of guanidine groups is 1. The average molecular weight is 199 g/mol. The highest BCUT2D eigenvalue weighted by molar-refractivity contribution is 7.09. The Hall–Kier alpha value is -1.14. The van der Waals surface area contributed by atoms with Crippen LogP contribution in [-0.4, -0.2) is 24.0 Å². The van der Waals surface area contributed by atoms with Crippen molar-refractivity contribution < 1.29 is 0 Å². The molecule has 0 fully saturated rings. The molecule has 0 spiro atoms. The minimum absolute atomic E-state index is 0.135. The van der Waals surface area contributed by atoms with E-state index in [2.05, 4.69) is 15.3 Å². The van der Waals surface area contributed by atoms with Crippen LogP contribution in [0.1, 0.15) is 5.01 Å². The van der Waals surface area contributed by atoms with Crippen molar-refractivity contribution in [2.75, 3.05) is 13.1 Å². The van der Waals surface area contributed by atoms with Gasteiger partial charge in [-0.15, -0.1) is 11.3 Å². The van der Waals surface area contributed by atoms with Crippen LogP contribution in [0.15, 0.2) is 16.6 Å². The van der Waals surface area contributed by atoms with Gasteiger partial charge in [0.2, 0.25) is 0 Å². The van der Waals surface area contributed by atoms with Gasteiger partial charge in [-0.25, -0.2) is 4.98 Å². The molecule has 0 bridgehead atoms. The number of aromatic nitrogens is 1. The number of thiazole rings is 1. The molecule has 1 rings (SSSR count). The molecule has 0 aromatic carbocycles. The number of nitrogens with two attached hydrogens (primary N) is 2. The fraction of sp³-hybridized carbons (Fsp3) is 0.429. The van der Waals surface area contributed by atoms with Gasteiger partial charge < -0.3 is 16.8 Å². The topological polar surface area (TPSA) is 89.3 Å². The van der Waals surface area contributed by atoms with Crippen LogP contribution in [0.25, 0.3) is 0 Å². The van der Waals surface area contributed by atoms with Gasteiger partial charge in [-0.3, -0.25) is 4.99 Å². The number of hydrogen-bond donors (Lipinski definition) is 3. The number of rotatable bonds is 5. The average Bonchev–Trinajstić information content (AvgIpc) is 2.55. The summed E-state index contributed by atoms with van der Waals surface area (Å²) in [7, 11) is 0. The van der Waals surface area contributed by atoms with Gasteiger partial charge in [-0.1, -0.05) is 0 Å². The second kappa shape index (κ2) is 5.50. The molecule has 1 heterocycles. The lowest BCUT2D eigenvalue weighted by atomic mass is 10.6. The highest BCUT2D eigenvalue weighted by Crippen LogP contribution is 2.01. The molecule has 0 aliphatic heterocycles. The van der Waals surface area contributed by atoms with Crippen LogP contribution in [0.3, 0.4) is 0 Å². The summed E-state index contributed by atoms with van der Waals surface area (Å²) in [6, 6.07) is 0. The van der Waals surface area contributed by atoms with E-state index < -0.39 is 0 Å². The Labute approximate surface area is 80.9 Å². The zero-order valence-corrected chi connectivity index (χ0v) is 8.05. The molecule has 5 N–H and O–H groups in total. The van der Waals surface area contributed by atoms with E-state index in [1.807, 2.05) is 5.38 Å². The third-order valence-electron chi connectivity index (χ3n) is 1.34. The highest BCUT2D eigenvalue weighted by Gasteiger charge is 1.92. The lowest BCUT2D eigenvalue weighted by Gasteiger charge is -1.98. The van der Waals surface area contributed by atoms with E-state index in [1.165, 1.54) is 0 Å². The maximum Gasteiger partial charge on any atom is 0.185 e.